The first-order chi connectivity index (χ1) is 7.33. The molecule has 0 spiro atoms. The van der Waals surface area contributed by atoms with Gasteiger partial charge in [0.05, 0.1) is 18.3 Å². The van der Waals surface area contributed by atoms with Crippen molar-refractivity contribution in [2.24, 2.45) is 0 Å². The first kappa shape index (κ1) is 10.0. The number of ether oxygens (including phenoxy) is 1. The topological polar surface area (TPSA) is 22.4 Å². The van der Waals surface area contributed by atoms with Crippen LogP contribution in [0.1, 0.15) is 19.8 Å². The van der Waals surface area contributed by atoms with E-state index in [2.05, 4.69) is 6.92 Å². The van der Waals surface area contributed by atoms with E-state index in [0.717, 1.165) is 12.8 Å². The fourth-order valence-electron chi connectivity index (χ4n) is 1.45. The van der Waals surface area contributed by atoms with Crippen LogP contribution >= 0.6 is 0 Å². The van der Waals surface area contributed by atoms with Crippen molar-refractivity contribution in [3.05, 3.63) is 30.3 Å². The molecule has 1 heterocycles. The molecule has 0 fully saturated rings. The van der Waals surface area contributed by atoms with E-state index in [9.17, 15) is 4.39 Å². The van der Waals surface area contributed by atoms with Crippen LogP contribution in [0.25, 0.3) is 11.0 Å². The summed E-state index contributed by atoms with van der Waals surface area (Å²) in [5, 5.41) is 0.700. The Labute approximate surface area is 87.6 Å². The normalized spacial score (nSPS) is 10.8. The SMILES string of the molecule is CCCCOc1ccc(F)c2occc12. The monoisotopic (exact) mass is 208 g/mol. The van der Waals surface area contributed by atoms with Crippen LogP contribution < -0.4 is 4.74 Å². The van der Waals surface area contributed by atoms with Crippen molar-refractivity contribution in [3.8, 4) is 5.75 Å². The average Bonchev–Trinajstić information content (AvgIpc) is 2.71. The lowest BCUT2D eigenvalue weighted by molar-refractivity contribution is 0.312. The summed E-state index contributed by atoms with van der Waals surface area (Å²) in [6.07, 6.45) is 3.55. The second-order valence-corrected chi connectivity index (χ2v) is 3.41. The van der Waals surface area contributed by atoms with Gasteiger partial charge in [0, 0.05) is 0 Å². The Kier molecular flexibility index (Phi) is 2.90. The molecular weight excluding hydrogens is 195 g/mol. The number of rotatable bonds is 4. The molecule has 1 aromatic carbocycles. The van der Waals surface area contributed by atoms with Gasteiger partial charge in [0.15, 0.2) is 11.4 Å². The lowest BCUT2D eigenvalue weighted by Crippen LogP contribution is -1.96. The maximum Gasteiger partial charge on any atom is 0.173 e. The van der Waals surface area contributed by atoms with Crippen LogP contribution in [-0.2, 0) is 0 Å². The predicted octanol–water partition coefficient (Wildman–Crippen LogP) is 3.75. The largest absolute Gasteiger partial charge is 0.493 e. The summed E-state index contributed by atoms with van der Waals surface area (Å²) < 4.78 is 23.8. The van der Waals surface area contributed by atoms with Gasteiger partial charge in [-0.15, -0.1) is 0 Å². The van der Waals surface area contributed by atoms with Gasteiger partial charge in [-0.05, 0) is 24.6 Å². The summed E-state index contributed by atoms with van der Waals surface area (Å²) in [6.45, 7) is 2.75. The highest BCUT2D eigenvalue weighted by molar-refractivity contribution is 5.84. The summed E-state index contributed by atoms with van der Waals surface area (Å²) in [7, 11) is 0. The van der Waals surface area contributed by atoms with E-state index in [4.69, 9.17) is 9.15 Å². The Hall–Kier alpha value is -1.51. The number of halogens is 1. The summed E-state index contributed by atoms with van der Waals surface area (Å²) in [4.78, 5) is 0. The number of hydrogen-bond acceptors (Lipinski definition) is 2. The minimum Gasteiger partial charge on any atom is -0.493 e. The van der Waals surface area contributed by atoms with Gasteiger partial charge in [-0.2, -0.15) is 0 Å². The molecule has 0 aliphatic carbocycles. The highest BCUT2D eigenvalue weighted by Gasteiger charge is 2.09. The second-order valence-electron chi connectivity index (χ2n) is 3.41. The molecule has 0 bridgehead atoms. The van der Waals surface area contributed by atoms with Gasteiger partial charge in [0.1, 0.15) is 5.75 Å². The van der Waals surface area contributed by atoms with Crippen LogP contribution in [0, 0.1) is 5.82 Å². The van der Waals surface area contributed by atoms with Crippen LogP contribution in [0.15, 0.2) is 28.9 Å². The third-order valence-corrected chi connectivity index (χ3v) is 2.28. The molecule has 0 aliphatic heterocycles. The van der Waals surface area contributed by atoms with E-state index in [-0.39, 0.29) is 11.4 Å². The van der Waals surface area contributed by atoms with Crippen molar-refractivity contribution in [1.82, 2.24) is 0 Å². The van der Waals surface area contributed by atoms with Crippen LogP contribution in [0.2, 0.25) is 0 Å². The average molecular weight is 208 g/mol. The second kappa shape index (κ2) is 4.34. The van der Waals surface area contributed by atoms with Crippen LogP contribution in [-0.4, -0.2) is 6.61 Å². The maximum absolute atomic E-state index is 13.2. The molecule has 2 nitrogen and oxygen atoms in total. The number of benzene rings is 1. The van der Waals surface area contributed by atoms with Gasteiger partial charge in [-0.1, -0.05) is 13.3 Å². The van der Waals surface area contributed by atoms with E-state index in [1.807, 2.05) is 0 Å². The molecule has 2 aromatic rings. The molecule has 3 heteroatoms. The summed E-state index contributed by atoms with van der Waals surface area (Å²) in [5.74, 6) is 0.339. The molecule has 0 atom stereocenters. The third-order valence-electron chi connectivity index (χ3n) is 2.28. The molecular formula is C12H13FO2. The van der Waals surface area contributed by atoms with Gasteiger partial charge >= 0.3 is 0 Å². The van der Waals surface area contributed by atoms with E-state index in [0.29, 0.717) is 17.7 Å². The maximum atomic E-state index is 13.2. The summed E-state index contributed by atoms with van der Waals surface area (Å²) >= 11 is 0. The molecule has 80 valence electrons. The summed E-state index contributed by atoms with van der Waals surface area (Å²) in [5.41, 5.74) is 0.268. The van der Waals surface area contributed by atoms with Crippen molar-refractivity contribution in [3.63, 3.8) is 0 Å². The lowest BCUT2D eigenvalue weighted by Gasteiger charge is -2.05. The molecule has 0 saturated carbocycles. The zero-order valence-electron chi connectivity index (χ0n) is 8.63. The van der Waals surface area contributed by atoms with Gasteiger partial charge < -0.3 is 9.15 Å². The molecule has 0 N–H and O–H groups in total. The first-order valence-electron chi connectivity index (χ1n) is 5.11. The molecule has 0 unspecified atom stereocenters. The van der Waals surface area contributed by atoms with Crippen molar-refractivity contribution in [2.45, 2.75) is 19.8 Å². The van der Waals surface area contributed by atoms with Crippen molar-refractivity contribution < 1.29 is 13.5 Å². The van der Waals surface area contributed by atoms with Crippen molar-refractivity contribution >= 4 is 11.0 Å². The number of hydrogen-bond donors (Lipinski definition) is 0. The molecule has 1 aromatic heterocycles. The summed E-state index contributed by atoms with van der Waals surface area (Å²) in [6, 6.07) is 4.73. The first-order valence-corrected chi connectivity index (χ1v) is 5.11. The molecule has 0 saturated heterocycles. The van der Waals surface area contributed by atoms with Crippen molar-refractivity contribution in [2.75, 3.05) is 6.61 Å². The third kappa shape index (κ3) is 1.96. The Bertz CT molecular complexity index is 448. The van der Waals surface area contributed by atoms with Crippen molar-refractivity contribution in [1.29, 1.82) is 0 Å². The highest BCUT2D eigenvalue weighted by atomic mass is 19.1. The van der Waals surface area contributed by atoms with Gasteiger partial charge in [-0.3, -0.25) is 0 Å². The molecule has 0 radical (unpaired) electrons. The minimum atomic E-state index is -0.349. The Morgan fingerprint density at radius 2 is 2.20 bits per heavy atom. The molecule has 2 rings (SSSR count). The number of furan rings is 1. The van der Waals surface area contributed by atoms with E-state index >= 15 is 0 Å². The van der Waals surface area contributed by atoms with Gasteiger partial charge in [0.2, 0.25) is 0 Å². The number of unbranched alkanes of at least 4 members (excludes halogenated alkanes) is 1. The van der Waals surface area contributed by atoms with Gasteiger partial charge in [-0.25, -0.2) is 4.39 Å². The van der Waals surface area contributed by atoms with E-state index < -0.39 is 0 Å². The Balaban J connectivity index is 2.27. The fraction of sp³-hybridized carbons (Fsp3) is 0.333. The smallest absolute Gasteiger partial charge is 0.173 e. The minimum absolute atomic E-state index is 0.268. The fourth-order valence-corrected chi connectivity index (χ4v) is 1.45. The predicted molar refractivity (Wildman–Crippen MR) is 56.6 cm³/mol. The molecule has 0 aliphatic rings. The van der Waals surface area contributed by atoms with Crippen LogP contribution in [0.4, 0.5) is 4.39 Å². The standard InChI is InChI=1S/C12H13FO2/c1-2-3-7-14-11-5-4-10(13)12-9(11)6-8-15-12/h4-6,8H,2-3,7H2,1H3. The molecule has 15 heavy (non-hydrogen) atoms. The van der Waals surface area contributed by atoms with Crippen LogP contribution in [0.5, 0.6) is 5.75 Å². The van der Waals surface area contributed by atoms with Crippen LogP contribution in [0.3, 0.4) is 0 Å². The van der Waals surface area contributed by atoms with E-state index in [1.54, 1.807) is 12.1 Å². The number of fused-ring (bicyclic) bond motifs is 1. The Morgan fingerprint density at radius 3 is 3.00 bits per heavy atom. The quantitative estimate of drug-likeness (QED) is 0.714. The lowest BCUT2D eigenvalue weighted by atomic mass is 10.2. The zero-order valence-corrected chi connectivity index (χ0v) is 8.63. The molecule has 0 amide bonds. The highest BCUT2D eigenvalue weighted by Crippen LogP contribution is 2.28. The Morgan fingerprint density at radius 1 is 1.33 bits per heavy atom. The van der Waals surface area contributed by atoms with Gasteiger partial charge in [0.25, 0.3) is 0 Å². The van der Waals surface area contributed by atoms with E-state index in [1.165, 1.54) is 12.3 Å². The zero-order chi connectivity index (χ0) is 10.7.